The Labute approximate surface area is 199 Å². The maximum absolute atomic E-state index is 13.3. The number of carbonyl (C=O) groups is 1. The Morgan fingerprint density at radius 2 is 1.71 bits per heavy atom. The molecular formula is C24H29N5O4S. The first kappa shape index (κ1) is 23.9. The summed E-state index contributed by atoms with van der Waals surface area (Å²) < 4.78 is 33.0. The Kier molecular flexibility index (Phi) is 6.99. The van der Waals surface area contributed by atoms with Gasteiger partial charge in [0.25, 0.3) is 5.91 Å². The molecule has 0 bridgehead atoms. The summed E-state index contributed by atoms with van der Waals surface area (Å²) in [6.07, 6.45) is 2.10. The number of hydrogen-bond acceptors (Lipinski definition) is 7. The lowest BCUT2D eigenvalue weighted by molar-refractivity contribution is 0.102. The van der Waals surface area contributed by atoms with E-state index in [0.717, 1.165) is 31.4 Å². The minimum absolute atomic E-state index is 0.0456. The summed E-state index contributed by atoms with van der Waals surface area (Å²) in [4.78, 5) is 24.7. The number of methoxy groups -OCH3 is 1. The predicted octanol–water partition coefficient (Wildman–Crippen LogP) is 3.52. The van der Waals surface area contributed by atoms with Crippen LogP contribution in [0.1, 0.15) is 37.0 Å². The molecule has 2 heterocycles. The van der Waals surface area contributed by atoms with Gasteiger partial charge in [0.05, 0.1) is 18.1 Å². The Hall–Kier alpha value is -3.24. The Bertz CT molecular complexity index is 1300. The molecule has 2 aromatic carbocycles. The zero-order valence-electron chi connectivity index (χ0n) is 19.6. The van der Waals surface area contributed by atoms with Gasteiger partial charge in [0.1, 0.15) is 10.6 Å². The summed E-state index contributed by atoms with van der Waals surface area (Å²) in [5, 5.41) is 2.87. The molecule has 0 unspecified atom stereocenters. The van der Waals surface area contributed by atoms with Gasteiger partial charge in [0.2, 0.25) is 10.0 Å². The number of ether oxygens (including phenoxy) is 1. The summed E-state index contributed by atoms with van der Waals surface area (Å²) in [5.41, 5.74) is 1.61. The van der Waals surface area contributed by atoms with Crippen LogP contribution in [0, 0.1) is 0 Å². The third kappa shape index (κ3) is 4.55. The molecule has 1 amide bonds. The van der Waals surface area contributed by atoms with E-state index in [9.17, 15) is 13.2 Å². The molecule has 1 N–H and O–H groups in total. The molecule has 0 atom stereocenters. The smallest absolute Gasteiger partial charge is 0.256 e. The second-order valence-electron chi connectivity index (χ2n) is 7.99. The monoisotopic (exact) mass is 483 g/mol. The molecule has 0 radical (unpaired) electrons. The van der Waals surface area contributed by atoms with Crippen LogP contribution < -0.4 is 15.0 Å². The molecule has 1 fully saturated rings. The molecule has 1 saturated heterocycles. The van der Waals surface area contributed by atoms with Crippen molar-refractivity contribution in [1.82, 2.24) is 14.3 Å². The molecule has 9 nitrogen and oxygen atoms in total. The maximum Gasteiger partial charge on any atom is 0.256 e. The highest BCUT2D eigenvalue weighted by Gasteiger charge is 2.27. The molecule has 0 saturated carbocycles. The number of amides is 1. The Balaban J connectivity index is 1.73. The lowest BCUT2D eigenvalue weighted by atomic mass is 10.2. The minimum Gasteiger partial charge on any atom is -0.495 e. The van der Waals surface area contributed by atoms with Crippen molar-refractivity contribution in [3.05, 3.63) is 48.0 Å². The lowest BCUT2D eigenvalue weighted by Crippen LogP contribution is -2.31. The topological polar surface area (TPSA) is 105 Å². The van der Waals surface area contributed by atoms with E-state index in [1.54, 1.807) is 19.9 Å². The van der Waals surface area contributed by atoms with Gasteiger partial charge in [-0.25, -0.2) is 18.4 Å². The molecule has 1 aliphatic rings. The zero-order valence-corrected chi connectivity index (χ0v) is 20.4. The van der Waals surface area contributed by atoms with E-state index in [1.807, 2.05) is 24.3 Å². The van der Waals surface area contributed by atoms with Gasteiger partial charge in [-0.2, -0.15) is 4.31 Å². The van der Waals surface area contributed by atoms with Crippen molar-refractivity contribution in [2.75, 3.05) is 43.5 Å². The second kappa shape index (κ2) is 9.94. The van der Waals surface area contributed by atoms with Crippen LogP contribution in [0.15, 0.2) is 47.4 Å². The number of nitrogens with zero attached hydrogens (tertiary/aromatic N) is 4. The van der Waals surface area contributed by atoms with Gasteiger partial charge in [0, 0.05) is 31.7 Å². The quantitative estimate of drug-likeness (QED) is 0.523. The van der Waals surface area contributed by atoms with E-state index >= 15 is 0 Å². The van der Waals surface area contributed by atoms with Crippen molar-refractivity contribution in [3.63, 3.8) is 0 Å². The summed E-state index contributed by atoms with van der Waals surface area (Å²) in [6.45, 7) is 5.83. The van der Waals surface area contributed by atoms with Gasteiger partial charge in [0.15, 0.2) is 11.6 Å². The molecule has 10 heteroatoms. The lowest BCUT2D eigenvalue weighted by Gasteiger charge is -2.21. The minimum atomic E-state index is -3.83. The number of hydrogen-bond donors (Lipinski definition) is 1. The molecule has 1 aromatic heterocycles. The van der Waals surface area contributed by atoms with Crippen LogP contribution in [0.25, 0.3) is 11.0 Å². The van der Waals surface area contributed by atoms with Crippen LogP contribution in [0.3, 0.4) is 0 Å². The number of anilines is 2. The first-order valence-electron chi connectivity index (χ1n) is 11.4. The second-order valence-corrected chi connectivity index (χ2v) is 9.89. The molecule has 180 valence electrons. The van der Waals surface area contributed by atoms with E-state index in [1.165, 1.54) is 23.5 Å². The van der Waals surface area contributed by atoms with Crippen LogP contribution in [-0.4, -0.2) is 61.9 Å². The fourth-order valence-electron chi connectivity index (χ4n) is 4.13. The van der Waals surface area contributed by atoms with E-state index in [0.29, 0.717) is 30.2 Å². The third-order valence-corrected chi connectivity index (χ3v) is 8.01. The molecule has 1 aliphatic heterocycles. The van der Waals surface area contributed by atoms with E-state index < -0.39 is 15.9 Å². The molecule has 3 aromatic rings. The normalized spacial score (nSPS) is 14.1. The number of benzene rings is 2. The van der Waals surface area contributed by atoms with Gasteiger partial charge in [-0.1, -0.05) is 26.0 Å². The first-order valence-corrected chi connectivity index (χ1v) is 12.8. The summed E-state index contributed by atoms with van der Waals surface area (Å²) in [6, 6.07) is 11.9. The molecule has 4 rings (SSSR count). The van der Waals surface area contributed by atoms with Crippen molar-refractivity contribution in [3.8, 4) is 5.75 Å². The first-order chi connectivity index (χ1) is 16.4. The number of carbonyl (C=O) groups excluding carboxylic acids is 1. The summed E-state index contributed by atoms with van der Waals surface area (Å²) >= 11 is 0. The van der Waals surface area contributed by atoms with Crippen LogP contribution in [-0.2, 0) is 10.0 Å². The fraction of sp³-hybridized carbons (Fsp3) is 0.375. The van der Waals surface area contributed by atoms with Crippen molar-refractivity contribution in [2.45, 2.75) is 31.6 Å². The van der Waals surface area contributed by atoms with Crippen LogP contribution in [0.2, 0.25) is 0 Å². The maximum atomic E-state index is 13.3. The van der Waals surface area contributed by atoms with Crippen LogP contribution >= 0.6 is 0 Å². The van der Waals surface area contributed by atoms with E-state index in [-0.39, 0.29) is 16.2 Å². The highest BCUT2D eigenvalue weighted by Crippen LogP contribution is 2.30. The van der Waals surface area contributed by atoms with Crippen molar-refractivity contribution in [2.24, 2.45) is 0 Å². The number of rotatable bonds is 8. The number of sulfonamides is 1. The van der Waals surface area contributed by atoms with E-state index in [2.05, 4.69) is 15.2 Å². The van der Waals surface area contributed by atoms with Gasteiger partial charge in [-0.3, -0.25) is 4.79 Å². The van der Waals surface area contributed by atoms with Gasteiger partial charge in [-0.15, -0.1) is 0 Å². The third-order valence-electron chi connectivity index (χ3n) is 5.94. The van der Waals surface area contributed by atoms with Crippen molar-refractivity contribution < 1.29 is 17.9 Å². The summed E-state index contributed by atoms with van der Waals surface area (Å²) in [5.74, 6) is 0.694. The van der Waals surface area contributed by atoms with Crippen LogP contribution in [0.4, 0.5) is 11.6 Å². The van der Waals surface area contributed by atoms with Crippen LogP contribution in [0.5, 0.6) is 5.75 Å². The zero-order chi connectivity index (χ0) is 24.3. The van der Waals surface area contributed by atoms with Gasteiger partial charge in [-0.05, 0) is 43.2 Å². The van der Waals surface area contributed by atoms with E-state index in [4.69, 9.17) is 9.72 Å². The molecule has 0 aliphatic carbocycles. The largest absolute Gasteiger partial charge is 0.495 e. The van der Waals surface area contributed by atoms with Gasteiger partial charge < -0.3 is 15.0 Å². The number of fused-ring (bicyclic) bond motifs is 1. The van der Waals surface area contributed by atoms with Gasteiger partial charge >= 0.3 is 0 Å². The Morgan fingerprint density at radius 1 is 1.06 bits per heavy atom. The van der Waals surface area contributed by atoms with Crippen molar-refractivity contribution >= 4 is 38.6 Å². The predicted molar refractivity (Wildman–Crippen MR) is 132 cm³/mol. The molecule has 0 spiro atoms. The average molecular weight is 484 g/mol. The average Bonchev–Trinajstić information content (AvgIpc) is 3.38. The molecular weight excluding hydrogens is 454 g/mol. The summed E-state index contributed by atoms with van der Waals surface area (Å²) in [7, 11) is -2.42. The fourth-order valence-corrected chi connectivity index (χ4v) is 5.77. The highest BCUT2D eigenvalue weighted by molar-refractivity contribution is 7.89. The highest BCUT2D eigenvalue weighted by atomic mass is 32.2. The van der Waals surface area contributed by atoms with Crippen molar-refractivity contribution in [1.29, 1.82) is 0 Å². The standard InChI is InChI=1S/C24H29N5O4S/c1-4-29(5-2)34(31,32)21-16-17(12-13-20(21)33-3)24(30)27-22-23(28-14-8-9-15-28)26-19-11-7-6-10-18(19)25-22/h6-7,10-13,16H,4-5,8-9,14-15H2,1-3H3,(H,25,27,30). The number of para-hydroxylation sites is 2. The Morgan fingerprint density at radius 3 is 2.32 bits per heavy atom. The number of aromatic nitrogens is 2. The SMILES string of the molecule is CCN(CC)S(=O)(=O)c1cc(C(=O)Nc2nc3ccccc3nc2N2CCCC2)ccc1OC. The molecule has 34 heavy (non-hydrogen) atoms. The number of nitrogens with one attached hydrogen (secondary N) is 1.